The van der Waals surface area contributed by atoms with Crippen molar-refractivity contribution in [1.82, 2.24) is 0 Å². The number of carbonyl (C=O) groups excluding carboxylic acids is 1. The lowest BCUT2D eigenvalue weighted by atomic mass is 10.1. The zero-order valence-electron chi connectivity index (χ0n) is 18.7. The maximum absolute atomic E-state index is 12.7. The molecule has 5 rings (SSSR count). The van der Waals surface area contributed by atoms with Crippen LogP contribution in [0.5, 0.6) is 0 Å². The van der Waals surface area contributed by atoms with Gasteiger partial charge in [0.05, 0.1) is 28.9 Å². The van der Waals surface area contributed by atoms with Gasteiger partial charge in [-0.15, -0.1) is 5.10 Å². The van der Waals surface area contributed by atoms with Crippen LogP contribution < -0.4 is 14.8 Å². The lowest BCUT2D eigenvalue weighted by molar-refractivity contribution is -0.111. The van der Waals surface area contributed by atoms with Gasteiger partial charge in [-0.2, -0.15) is 0 Å². The summed E-state index contributed by atoms with van der Waals surface area (Å²) in [7, 11) is 0. The van der Waals surface area contributed by atoms with E-state index in [0.29, 0.717) is 15.9 Å². The number of carbonyl (C=O) groups is 1. The highest BCUT2D eigenvalue weighted by Crippen LogP contribution is 2.41. The fourth-order valence-electron chi connectivity index (χ4n) is 4.32. The highest BCUT2D eigenvalue weighted by atomic mass is 35.5. The van der Waals surface area contributed by atoms with Crippen molar-refractivity contribution in [2.75, 3.05) is 41.1 Å². The second kappa shape index (κ2) is 9.66. The van der Waals surface area contributed by atoms with E-state index in [2.05, 4.69) is 29.2 Å². The average molecular weight is 495 g/mol. The highest BCUT2D eigenvalue weighted by molar-refractivity contribution is 6.45. The predicted octanol–water partition coefficient (Wildman–Crippen LogP) is 5.76. The highest BCUT2D eigenvalue weighted by Gasteiger charge is 2.39. The van der Waals surface area contributed by atoms with Crippen molar-refractivity contribution in [3.8, 4) is 0 Å². The number of benzene rings is 3. The summed E-state index contributed by atoms with van der Waals surface area (Å²) in [4.78, 5) is 16.9. The van der Waals surface area contributed by atoms with E-state index in [4.69, 9.17) is 33.0 Å². The van der Waals surface area contributed by atoms with Gasteiger partial charge in [0.2, 0.25) is 0 Å². The van der Waals surface area contributed by atoms with Crippen LogP contribution in [0.25, 0.3) is 0 Å². The second-order valence-electron chi connectivity index (χ2n) is 8.19. The molecule has 174 valence electrons. The number of nitrogens with zero attached hydrogens (tertiary/aromatic N) is 4. The van der Waals surface area contributed by atoms with E-state index in [1.54, 1.807) is 12.1 Å². The smallest absolute Gasteiger partial charge is 0.198 e. The van der Waals surface area contributed by atoms with E-state index in [1.165, 1.54) is 6.92 Å². The van der Waals surface area contributed by atoms with Crippen molar-refractivity contribution in [2.24, 2.45) is 5.10 Å². The Balaban J connectivity index is 1.60. The van der Waals surface area contributed by atoms with E-state index in [-0.39, 0.29) is 11.9 Å². The third-order valence-electron chi connectivity index (χ3n) is 5.99. The largest absolute Gasteiger partial charge is 0.378 e. The maximum atomic E-state index is 12.7. The molecule has 0 aromatic heterocycles. The van der Waals surface area contributed by atoms with Crippen LogP contribution in [0.1, 0.15) is 18.7 Å². The summed E-state index contributed by atoms with van der Waals surface area (Å²) in [6, 6.07) is 23.6. The van der Waals surface area contributed by atoms with E-state index in [0.717, 1.165) is 48.9 Å². The third-order valence-corrected chi connectivity index (χ3v) is 6.73. The number of amidine groups is 1. The molecule has 0 bridgehead atoms. The number of para-hydroxylation sites is 1. The van der Waals surface area contributed by atoms with Gasteiger partial charge in [0.15, 0.2) is 17.8 Å². The molecule has 2 aliphatic rings. The average Bonchev–Trinajstić information content (AvgIpc) is 3.28. The van der Waals surface area contributed by atoms with Crippen molar-refractivity contribution >= 4 is 51.9 Å². The molecule has 34 heavy (non-hydrogen) atoms. The molecular formula is C26H24Cl2N4O2. The first-order chi connectivity index (χ1) is 16.5. The number of morpholine rings is 1. The fraction of sp³-hybridized carbons (Fsp3) is 0.231. The van der Waals surface area contributed by atoms with Gasteiger partial charge >= 0.3 is 0 Å². The minimum Gasteiger partial charge on any atom is -0.378 e. The summed E-state index contributed by atoms with van der Waals surface area (Å²) in [6.07, 6.45) is -0.378. The predicted molar refractivity (Wildman–Crippen MR) is 138 cm³/mol. The number of ketones is 1. The molecule has 1 atom stereocenters. The van der Waals surface area contributed by atoms with Gasteiger partial charge in [-0.3, -0.25) is 9.69 Å². The molecule has 0 radical (unpaired) electrons. The van der Waals surface area contributed by atoms with E-state index in [1.807, 2.05) is 46.3 Å². The van der Waals surface area contributed by atoms with Crippen LogP contribution in [0.4, 0.5) is 17.1 Å². The Morgan fingerprint density at radius 1 is 0.882 bits per heavy atom. The standard InChI is InChI=1S/C26H24Cl2N4O2/c1-18(33)25-29-32(21-5-3-2-4-6-21)26(31(25)22-11-12-23(27)24(28)17-22)19-7-9-20(10-8-19)30-13-15-34-16-14-30/h2-12,17,26H,13-16H2,1H3/t26-/m0/s1. The van der Waals surface area contributed by atoms with Crippen molar-refractivity contribution in [1.29, 1.82) is 0 Å². The molecule has 0 unspecified atom stereocenters. The van der Waals surface area contributed by atoms with Gasteiger partial charge in [0.1, 0.15) is 0 Å². The number of ether oxygens (including phenoxy) is 1. The molecule has 1 saturated heterocycles. The summed E-state index contributed by atoms with van der Waals surface area (Å²) in [6.45, 7) is 4.72. The Morgan fingerprint density at radius 3 is 2.21 bits per heavy atom. The monoisotopic (exact) mass is 494 g/mol. The Hall–Kier alpha value is -3.06. The SMILES string of the molecule is CC(=O)C1=NN(c2ccccc2)[C@@H](c2ccc(N3CCOCC3)cc2)N1c1ccc(Cl)c(Cl)c1. The van der Waals surface area contributed by atoms with Crippen LogP contribution in [0.15, 0.2) is 77.9 Å². The van der Waals surface area contributed by atoms with Crippen LogP contribution in [-0.4, -0.2) is 37.9 Å². The van der Waals surface area contributed by atoms with Crippen LogP contribution in [-0.2, 0) is 9.53 Å². The van der Waals surface area contributed by atoms with Crippen LogP contribution >= 0.6 is 23.2 Å². The quantitative estimate of drug-likeness (QED) is 0.451. The van der Waals surface area contributed by atoms with Gasteiger partial charge < -0.3 is 9.64 Å². The van der Waals surface area contributed by atoms with Crippen LogP contribution in [0, 0.1) is 0 Å². The Morgan fingerprint density at radius 2 is 1.56 bits per heavy atom. The van der Waals surface area contributed by atoms with Crippen molar-refractivity contribution in [3.63, 3.8) is 0 Å². The summed E-state index contributed by atoms with van der Waals surface area (Å²) in [5, 5.41) is 7.51. The molecule has 3 aromatic carbocycles. The molecule has 6 nitrogen and oxygen atoms in total. The summed E-state index contributed by atoms with van der Waals surface area (Å²) >= 11 is 12.5. The molecule has 3 aromatic rings. The number of rotatable bonds is 5. The minimum absolute atomic E-state index is 0.139. The lowest BCUT2D eigenvalue weighted by Crippen LogP contribution is -2.38. The van der Waals surface area contributed by atoms with E-state index >= 15 is 0 Å². The molecule has 2 heterocycles. The molecule has 0 N–H and O–H groups in total. The zero-order chi connectivity index (χ0) is 23.7. The van der Waals surface area contributed by atoms with E-state index in [9.17, 15) is 4.79 Å². The van der Waals surface area contributed by atoms with Gasteiger partial charge in [-0.05, 0) is 48.0 Å². The molecule has 1 fully saturated rings. The molecule has 2 aliphatic heterocycles. The van der Waals surface area contributed by atoms with Crippen molar-refractivity contribution in [2.45, 2.75) is 13.1 Å². The summed E-state index contributed by atoms with van der Waals surface area (Å²) in [5.41, 5.74) is 3.76. The third kappa shape index (κ3) is 4.37. The maximum Gasteiger partial charge on any atom is 0.198 e. The van der Waals surface area contributed by atoms with Gasteiger partial charge in [0.25, 0.3) is 0 Å². The minimum atomic E-state index is -0.378. The molecule has 0 saturated carbocycles. The number of anilines is 3. The molecule has 0 amide bonds. The molecule has 0 aliphatic carbocycles. The molecular weight excluding hydrogens is 471 g/mol. The first-order valence-corrected chi connectivity index (χ1v) is 11.9. The number of halogens is 2. The van der Waals surface area contributed by atoms with Crippen molar-refractivity contribution in [3.05, 3.63) is 88.4 Å². The lowest BCUT2D eigenvalue weighted by Gasteiger charge is -2.33. The second-order valence-corrected chi connectivity index (χ2v) is 9.01. The molecule has 0 spiro atoms. The van der Waals surface area contributed by atoms with Gasteiger partial charge in [0, 0.05) is 31.4 Å². The summed E-state index contributed by atoms with van der Waals surface area (Å²) < 4.78 is 5.48. The normalized spacial score (nSPS) is 18.3. The van der Waals surface area contributed by atoms with Crippen molar-refractivity contribution < 1.29 is 9.53 Å². The fourth-order valence-corrected chi connectivity index (χ4v) is 4.61. The number of Topliss-reactive ketones (excluding diaryl/α,β-unsaturated/α-hetero) is 1. The number of hydrogen-bond acceptors (Lipinski definition) is 6. The van der Waals surface area contributed by atoms with E-state index < -0.39 is 0 Å². The van der Waals surface area contributed by atoms with Gasteiger partial charge in [-0.1, -0.05) is 53.5 Å². The Bertz CT molecular complexity index is 1210. The first-order valence-electron chi connectivity index (χ1n) is 11.1. The van der Waals surface area contributed by atoms with Crippen LogP contribution in [0.2, 0.25) is 10.0 Å². The summed E-state index contributed by atoms with van der Waals surface area (Å²) in [5.74, 6) is 0.198. The Kier molecular flexibility index (Phi) is 6.46. The number of hydrazone groups is 1. The number of hydrogen-bond donors (Lipinski definition) is 0. The molecule has 8 heteroatoms. The Labute approximate surface area is 208 Å². The van der Waals surface area contributed by atoms with Crippen LogP contribution in [0.3, 0.4) is 0 Å². The zero-order valence-corrected chi connectivity index (χ0v) is 20.2. The topological polar surface area (TPSA) is 48.4 Å². The first kappa shape index (κ1) is 22.7. The van der Waals surface area contributed by atoms with Gasteiger partial charge in [-0.25, -0.2) is 5.01 Å².